The molecule has 0 radical (unpaired) electrons. The first-order valence-electron chi connectivity index (χ1n) is 10.6. The summed E-state index contributed by atoms with van der Waals surface area (Å²) in [5, 5.41) is 5.79. The number of benzene rings is 1. The van der Waals surface area contributed by atoms with E-state index < -0.39 is 5.41 Å². The number of ether oxygens (including phenoxy) is 1. The number of fused-ring (bicyclic) bond motifs is 1. The van der Waals surface area contributed by atoms with Crippen LogP contribution in [0.2, 0.25) is 0 Å². The van der Waals surface area contributed by atoms with Crippen molar-refractivity contribution in [2.45, 2.75) is 52.5 Å². The fourth-order valence-corrected chi connectivity index (χ4v) is 3.96. The number of carbonyl (C=O) groups excluding carboxylic acids is 2. The van der Waals surface area contributed by atoms with Gasteiger partial charge in [0.1, 0.15) is 12.4 Å². The van der Waals surface area contributed by atoms with Crippen molar-refractivity contribution in [3.63, 3.8) is 0 Å². The quantitative estimate of drug-likeness (QED) is 0.791. The largest absolute Gasteiger partial charge is 0.490 e. The summed E-state index contributed by atoms with van der Waals surface area (Å²) >= 11 is 0. The minimum atomic E-state index is -0.485. The van der Waals surface area contributed by atoms with Gasteiger partial charge in [-0.05, 0) is 38.1 Å². The van der Waals surface area contributed by atoms with Crippen LogP contribution in [0.5, 0.6) is 5.75 Å². The summed E-state index contributed by atoms with van der Waals surface area (Å²) in [6.07, 6.45) is 5.12. The van der Waals surface area contributed by atoms with E-state index in [2.05, 4.69) is 22.6 Å². The van der Waals surface area contributed by atoms with Crippen molar-refractivity contribution >= 4 is 23.3 Å². The summed E-state index contributed by atoms with van der Waals surface area (Å²) in [7, 11) is 2.12. The molecule has 7 nitrogen and oxygen atoms in total. The third kappa shape index (κ3) is 5.41. The van der Waals surface area contributed by atoms with Crippen LogP contribution in [0.3, 0.4) is 0 Å². The van der Waals surface area contributed by atoms with E-state index in [-0.39, 0.29) is 11.9 Å². The number of hydrogen-bond donors (Lipinski definition) is 2. The second-order valence-electron chi connectivity index (χ2n) is 9.04. The van der Waals surface area contributed by atoms with Crippen molar-refractivity contribution in [3.05, 3.63) is 18.2 Å². The summed E-state index contributed by atoms with van der Waals surface area (Å²) in [6.45, 7) is 8.13. The van der Waals surface area contributed by atoms with Gasteiger partial charge in [-0.3, -0.25) is 4.79 Å². The second-order valence-corrected chi connectivity index (χ2v) is 9.04. The number of likely N-dealkylation sites (N-methyl/N-ethyl adjacent to an activating group) is 1. The minimum absolute atomic E-state index is 0.0404. The van der Waals surface area contributed by atoms with Gasteiger partial charge in [-0.1, -0.05) is 33.6 Å². The number of carbonyl (C=O) groups is 2. The van der Waals surface area contributed by atoms with Crippen molar-refractivity contribution in [1.29, 1.82) is 0 Å². The Hall–Kier alpha value is -2.28. The van der Waals surface area contributed by atoms with Gasteiger partial charge in [-0.15, -0.1) is 0 Å². The summed E-state index contributed by atoms with van der Waals surface area (Å²) in [5.41, 5.74) is 0.860. The molecule has 0 saturated heterocycles. The van der Waals surface area contributed by atoms with Crippen LogP contribution in [0.15, 0.2) is 18.2 Å². The standard InChI is InChI=1S/C22H34N4O3/c1-22(2,3)20(27)26-13-14-29-19-10-9-16(15-18(19)26)24-21(28)23-11-12-25(4)17-7-5-6-8-17/h9-10,15,17H,5-8,11-14H2,1-4H3,(H2,23,24,28). The third-order valence-electron chi connectivity index (χ3n) is 5.66. The molecular weight excluding hydrogens is 368 g/mol. The van der Waals surface area contributed by atoms with Gasteiger partial charge in [-0.25, -0.2) is 4.79 Å². The van der Waals surface area contributed by atoms with Crippen LogP contribution < -0.4 is 20.3 Å². The Kier molecular flexibility index (Phi) is 6.67. The van der Waals surface area contributed by atoms with Crippen molar-refractivity contribution < 1.29 is 14.3 Å². The van der Waals surface area contributed by atoms with Crippen LogP contribution in [0.4, 0.5) is 16.2 Å². The number of urea groups is 1. The summed E-state index contributed by atoms with van der Waals surface area (Å²) < 4.78 is 5.69. The van der Waals surface area contributed by atoms with E-state index in [4.69, 9.17) is 4.74 Å². The third-order valence-corrected chi connectivity index (χ3v) is 5.66. The van der Waals surface area contributed by atoms with Gasteiger partial charge in [0.25, 0.3) is 0 Å². The molecule has 1 aromatic carbocycles. The maximum absolute atomic E-state index is 12.8. The summed E-state index contributed by atoms with van der Waals surface area (Å²) in [6, 6.07) is 5.82. The summed E-state index contributed by atoms with van der Waals surface area (Å²) in [4.78, 5) is 29.2. The van der Waals surface area contributed by atoms with Gasteiger partial charge in [0.05, 0.1) is 12.2 Å². The lowest BCUT2D eigenvalue weighted by molar-refractivity contribution is -0.126. The first-order valence-corrected chi connectivity index (χ1v) is 10.6. The lowest BCUT2D eigenvalue weighted by Crippen LogP contribution is -2.44. The molecule has 7 heteroatoms. The van der Waals surface area contributed by atoms with E-state index in [9.17, 15) is 9.59 Å². The molecule has 0 spiro atoms. The molecule has 1 aliphatic carbocycles. The summed E-state index contributed by atoms with van der Waals surface area (Å²) in [5.74, 6) is 0.705. The molecule has 0 atom stereocenters. The Labute approximate surface area is 173 Å². The van der Waals surface area contributed by atoms with E-state index >= 15 is 0 Å². The van der Waals surface area contributed by atoms with Crippen LogP contribution in [0.1, 0.15) is 46.5 Å². The van der Waals surface area contributed by atoms with Crippen LogP contribution >= 0.6 is 0 Å². The van der Waals surface area contributed by atoms with Crippen molar-refractivity contribution in [3.8, 4) is 5.75 Å². The highest BCUT2D eigenvalue weighted by atomic mass is 16.5. The molecule has 1 aliphatic heterocycles. The first-order chi connectivity index (χ1) is 13.8. The zero-order chi connectivity index (χ0) is 21.0. The number of hydrogen-bond acceptors (Lipinski definition) is 4. The Balaban J connectivity index is 1.57. The van der Waals surface area contributed by atoms with Gasteiger partial charge in [0.2, 0.25) is 5.91 Å². The van der Waals surface area contributed by atoms with Crippen molar-refractivity contribution in [2.75, 3.05) is 43.5 Å². The number of nitrogens with one attached hydrogen (secondary N) is 2. The molecule has 1 fully saturated rings. The van der Waals surface area contributed by atoms with Crippen LogP contribution in [-0.2, 0) is 4.79 Å². The molecule has 1 heterocycles. The predicted molar refractivity (Wildman–Crippen MR) is 116 cm³/mol. The predicted octanol–water partition coefficient (Wildman–Crippen LogP) is 3.45. The highest BCUT2D eigenvalue weighted by Crippen LogP contribution is 2.36. The Bertz CT molecular complexity index is 738. The maximum Gasteiger partial charge on any atom is 0.319 e. The van der Waals surface area contributed by atoms with Gasteiger partial charge in [0.15, 0.2) is 0 Å². The zero-order valence-corrected chi connectivity index (χ0v) is 18.1. The minimum Gasteiger partial charge on any atom is -0.490 e. The monoisotopic (exact) mass is 402 g/mol. The molecule has 2 N–H and O–H groups in total. The van der Waals surface area contributed by atoms with Crippen LogP contribution in [0.25, 0.3) is 0 Å². The lowest BCUT2D eigenvalue weighted by Gasteiger charge is -2.34. The number of amides is 3. The average Bonchev–Trinajstić information content (AvgIpc) is 3.21. The van der Waals surface area contributed by atoms with E-state index in [1.165, 1.54) is 25.7 Å². The number of rotatable bonds is 5. The molecule has 3 rings (SSSR count). The molecule has 0 aromatic heterocycles. The first kappa shape index (κ1) is 21.4. The Morgan fingerprint density at radius 2 is 1.97 bits per heavy atom. The van der Waals surface area contributed by atoms with Gasteiger partial charge in [0, 0.05) is 30.2 Å². The second kappa shape index (κ2) is 9.03. The number of anilines is 2. The van der Waals surface area contributed by atoms with Crippen LogP contribution in [-0.4, -0.2) is 56.2 Å². The van der Waals surface area contributed by atoms with Crippen molar-refractivity contribution in [1.82, 2.24) is 10.2 Å². The van der Waals surface area contributed by atoms with E-state index in [1.54, 1.807) is 17.0 Å². The molecule has 1 saturated carbocycles. The molecular formula is C22H34N4O3. The average molecular weight is 403 g/mol. The van der Waals surface area contributed by atoms with Gasteiger partial charge >= 0.3 is 6.03 Å². The van der Waals surface area contributed by atoms with Gasteiger partial charge in [-0.2, -0.15) is 0 Å². The Morgan fingerprint density at radius 1 is 1.24 bits per heavy atom. The topological polar surface area (TPSA) is 73.9 Å². The molecule has 3 amide bonds. The van der Waals surface area contributed by atoms with E-state index in [1.807, 2.05) is 26.8 Å². The molecule has 2 aliphatic rings. The molecule has 0 bridgehead atoms. The van der Waals surface area contributed by atoms with E-state index in [0.717, 1.165) is 6.54 Å². The maximum atomic E-state index is 12.8. The Morgan fingerprint density at radius 3 is 2.66 bits per heavy atom. The molecule has 1 aromatic rings. The number of nitrogens with zero attached hydrogens (tertiary/aromatic N) is 2. The highest BCUT2D eigenvalue weighted by Gasteiger charge is 2.32. The van der Waals surface area contributed by atoms with Gasteiger partial charge < -0.3 is 25.2 Å². The fraction of sp³-hybridized carbons (Fsp3) is 0.636. The zero-order valence-electron chi connectivity index (χ0n) is 18.1. The smallest absolute Gasteiger partial charge is 0.319 e. The normalized spacial score (nSPS) is 17.1. The lowest BCUT2D eigenvalue weighted by atomic mass is 9.94. The van der Waals surface area contributed by atoms with E-state index in [0.29, 0.717) is 42.9 Å². The molecule has 29 heavy (non-hydrogen) atoms. The molecule has 160 valence electrons. The van der Waals surface area contributed by atoms with Crippen molar-refractivity contribution in [2.24, 2.45) is 5.41 Å². The van der Waals surface area contributed by atoms with Crippen LogP contribution in [0, 0.1) is 5.41 Å². The SMILES string of the molecule is CN(CCNC(=O)Nc1ccc2c(c1)N(C(=O)C(C)(C)C)CCO2)C1CCCC1. The molecule has 0 unspecified atom stereocenters. The fourth-order valence-electron chi connectivity index (χ4n) is 3.96. The highest BCUT2D eigenvalue weighted by molar-refractivity contribution is 5.99.